The van der Waals surface area contributed by atoms with E-state index in [-0.39, 0.29) is 33.4 Å². The molecule has 4 rings (SSSR count). The number of benzene rings is 1. The van der Waals surface area contributed by atoms with Crippen molar-refractivity contribution < 1.29 is 13.2 Å². The number of amides is 1. The number of nitrogens with one attached hydrogen (secondary N) is 3. The third-order valence-corrected chi connectivity index (χ3v) is 8.83. The number of likely N-dealkylation sites (N-methyl/N-ethyl adjacent to an activating group) is 1. The molecule has 11 nitrogen and oxygen atoms in total. The van der Waals surface area contributed by atoms with E-state index >= 15 is 0 Å². The molecule has 1 aromatic carbocycles. The molecule has 1 aliphatic heterocycles. The van der Waals surface area contributed by atoms with Crippen molar-refractivity contribution in [1.82, 2.24) is 24.8 Å². The van der Waals surface area contributed by atoms with Crippen LogP contribution in [0.1, 0.15) is 13.8 Å². The molecule has 0 radical (unpaired) electrons. The van der Waals surface area contributed by atoms with Crippen molar-refractivity contribution >= 4 is 67.8 Å². The Morgan fingerprint density at radius 3 is 2.49 bits per heavy atom. The standard InChI is InChI=1S/C25H30Cl2N8O3S/c1-16(2)39(37,38)24-20(5-4-8-28-24)31-23-19(27)14-29-25(33-23)32-21-13-17(6-7-18(21)26)30-22(36)15-35-11-9-34(3)10-12-35/h4-8,13-14,16H,9-12,15H2,1-3H3,(H,30,36)(H2,29,31,32,33). The zero-order valence-corrected chi connectivity index (χ0v) is 24.1. The van der Waals surface area contributed by atoms with Gasteiger partial charge in [-0.05, 0) is 51.2 Å². The molecule has 3 heterocycles. The smallest absolute Gasteiger partial charge is 0.238 e. The molecule has 0 aliphatic carbocycles. The number of piperazine rings is 1. The number of carbonyl (C=O) groups excluding carboxylic acids is 1. The summed E-state index contributed by atoms with van der Waals surface area (Å²) in [6.45, 7) is 7.00. The topological polar surface area (TPSA) is 132 Å². The zero-order chi connectivity index (χ0) is 28.2. The number of rotatable bonds is 9. The maximum absolute atomic E-state index is 12.8. The molecule has 0 bridgehead atoms. The van der Waals surface area contributed by atoms with Crippen LogP contribution in [-0.2, 0) is 14.6 Å². The number of aromatic nitrogens is 3. The fourth-order valence-corrected chi connectivity index (χ4v) is 5.19. The van der Waals surface area contributed by atoms with Gasteiger partial charge in [0.25, 0.3) is 0 Å². The van der Waals surface area contributed by atoms with Crippen molar-refractivity contribution in [1.29, 1.82) is 0 Å². The van der Waals surface area contributed by atoms with E-state index in [0.717, 1.165) is 26.2 Å². The number of halogens is 2. The van der Waals surface area contributed by atoms with Gasteiger partial charge in [-0.25, -0.2) is 18.4 Å². The molecule has 39 heavy (non-hydrogen) atoms. The van der Waals surface area contributed by atoms with Crippen LogP contribution in [-0.4, -0.2) is 84.1 Å². The first kappa shape index (κ1) is 29.0. The number of hydrogen-bond donors (Lipinski definition) is 3. The highest BCUT2D eigenvalue weighted by molar-refractivity contribution is 7.92. The fourth-order valence-electron chi connectivity index (χ4n) is 3.81. The highest BCUT2D eigenvalue weighted by atomic mass is 35.5. The zero-order valence-electron chi connectivity index (χ0n) is 21.8. The largest absolute Gasteiger partial charge is 0.336 e. The summed E-state index contributed by atoms with van der Waals surface area (Å²) in [5.74, 6) is 0.211. The number of anilines is 5. The molecule has 1 fully saturated rings. The molecular formula is C25H30Cl2N8O3S. The minimum Gasteiger partial charge on any atom is -0.336 e. The maximum atomic E-state index is 12.8. The molecule has 1 aliphatic rings. The molecule has 0 spiro atoms. The normalized spacial score (nSPS) is 14.8. The Bertz CT molecular complexity index is 1450. The summed E-state index contributed by atoms with van der Waals surface area (Å²) in [6.07, 6.45) is 2.79. The Labute approximate surface area is 237 Å². The monoisotopic (exact) mass is 592 g/mol. The Kier molecular flexibility index (Phi) is 9.23. The summed E-state index contributed by atoms with van der Waals surface area (Å²) in [7, 11) is -1.60. The van der Waals surface area contributed by atoms with Crippen LogP contribution in [0.15, 0.2) is 47.8 Å². The molecule has 3 N–H and O–H groups in total. The highest BCUT2D eigenvalue weighted by Gasteiger charge is 2.25. The predicted molar refractivity (Wildman–Crippen MR) is 154 cm³/mol. The quantitative estimate of drug-likeness (QED) is 0.334. The molecule has 0 atom stereocenters. The van der Waals surface area contributed by atoms with E-state index in [1.807, 2.05) is 0 Å². The van der Waals surface area contributed by atoms with Crippen molar-refractivity contribution in [3.8, 4) is 0 Å². The van der Waals surface area contributed by atoms with Gasteiger partial charge in [0.1, 0.15) is 5.02 Å². The molecule has 3 aromatic rings. The van der Waals surface area contributed by atoms with Gasteiger partial charge in [-0.2, -0.15) is 4.98 Å². The molecule has 1 saturated heterocycles. The van der Waals surface area contributed by atoms with Gasteiger partial charge in [0.2, 0.25) is 11.9 Å². The van der Waals surface area contributed by atoms with Crippen molar-refractivity contribution in [2.45, 2.75) is 24.1 Å². The lowest BCUT2D eigenvalue weighted by Gasteiger charge is -2.31. The maximum Gasteiger partial charge on any atom is 0.238 e. The number of sulfone groups is 1. The van der Waals surface area contributed by atoms with E-state index in [0.29, 0.717) is 22.9 Å². The van der Waals surface area contributed by atoms with Crippen LogP contribution in [0.4, 0.5) is 28.8 Å². The van der Waals surface area contributed by atoms with Gasteiger partial charge in [-0.3, -0.25) is 9.69 Å². The molecule has 0 unspecified atom stereocenters. The lowest BCUT2D eigenvalue weighted by atomic mass is 10.2. The average molecular weight is 594 g/mol. The minimum atomic E-state index is -3.66. The summed E-state index contributed by atoms with van der Waals surface area (Å²) in [6, 6.07) is 8.25. The van der Waals surface area contributed by atoms with Gasteiger partial charge < -0.3 is 20.9 Å². The second-order valence-corrected chi connectivity index (χ2v) is 12.6. The molecule has 0 saturated carbocycles. The first-order valence-electron chi connectivity index (χ1n) is 12.3. The SMILES string of the molecule is CC(C)S(=O)(=O)c1ncccc1Nc1nc(Nc2cc(NC(=O)CN3CCN(C)CC3)ccc2Cl)ncc1Cl. The Balaban J connectivity index is 1.49. The van der Waals surface area contributed by atoms with E-state index < -0.39 is 15.1 Å². The van der Waals surface area contributed by atoms with E-state index in [4.69, 9.17) is 23.2 Å². The van der Waals surface area contributed by atoms with Crippen molar-refractivity contribution in [2.24, 2.45) is 0 Å². The first-order chi connectivity index (χ1) is 18.5. The van der Waals surface area contributed by atoms with E-state index in [1.54, 1.807) is 44.2 Å². The third-order valence-electron chi connectivity index (χ3n) is 6.12. The van der Waals surface area contributed by atoms with Gasteiger partial charge >= 0.3 is 0 Å². The lowest BCUT2D eigenvalue weighted by molar-refractivity contribution is -0.117. The Morgan fingerprint density at radius 2 is 1.77 bits per heavy atom. The van der Waals surface area contributed by atoms with Crippen molar-refractivity contribution in [3.05, 3.63) is 52.8 Å². The van der Waals surface area contributed by atoms with Crippen LogP contribution in [0.3, 0.4) is 0 Å². The first-order valence-corrected chi connectivity index (χ1v) is 14.6. The minimum absolute atomic E-state index is 0.104. The van der Waals surface area contributed by atoms with Gasteiger partial charge in [0.15, 0.2) is 20.7 Å². The summed E-state index contributed by atoms with van der Waals surface area (Å²) in [5.41, 5.74) is 1.26. The van der Waals surface area contributed by atoms with Crippen LogP contribution in [0.5, 0.6) is 0 Å². The molecule has 14 heteroatoms. The second kappa shape index (κ2) is 12.4. The van der Waals surface area contributed by atoms with Crippen LogP contribution < -0.4 is 16.0 Å². The Hall–Kier alpha value is -3.03. The molecule has 2 aromatic heterocycles. The van der Waals surface area contributed by atoms with Gasteiger partial charge in [-0.1, -0.05) is 23.2 Å². The second-order valence-electron chi connectivity index (χ2n) is 9.41. The number of hydrogen-bond acceptors (Lipinski definition) is 10. The fraction of sp³-hybridized carbons (Fsp3) is 0.360. The lowest BCUT2D eigenvalue weighted by Crippen LogP contribution is -2.47. The van der Waals surface area contributed by atoms with E-state index in [2.05, 4.69) is 47.7 Å². The van der Waals surface area contributed by atoms with Crippen LogP contribution >= 0.6 is 23.2 Å². The van der Waals surface area contributed by atoms with Crippen LogP contribution in [0, 0.1) is 0 Å². The Morgan fingerprint density at radius 1 is 1.03 bits per heavy atom. The summed E-state index contributed by atoms with van der Waals surface area (Å²) < 4.78 is 25.6. The van der Waals surface area contributed by atoms with Crippen molar-refractivity contribution in [2.75, 3.05) is 55.7 Å². The van der Waals surface area contributed by atoms with Gasteiger partial charge in [0, 0.05) is 38.1 Å². The molecule has 1 amide bonds. The summed E-state index contributed by atoms with van der Waals surface area (Å²) in [5, 5.41) is 8.69. The number of nitrogens with zero attached hydrogens (tertiary/aromatic N) is 5. The van der Waals surface area contributed by atoms with Crippen LogP contribution in [0.25, 0.3) is 0 Å². The van der Waals surface area contributed by atoms with Gasteiger partial charge in [0.05, 0.1) is 34.4 Å². The predicted octanol–water partition coefficient (Wildman–Crippen LogP) is 4.03. The van der Waals surface area contributed by atoms with E-state index in [9.17, 15) is 13.2 Å². The number of pyridine rings is 1. The molecule has 208 valence electrons. The highest BCUT2D eigenvalue weighted by Crippen LogP contribution is 2.31. The van der Waals surface area contributed by atoms with Gasteiger partial charge in [-0.15, -0.1) is 0 Å². The summed E-state index contributed by atoms with van der Waals surface area (Å²) in [4.78, 5) is 29.6. The molecular weight excluding hydrogens is 563 g/mol. The van der Waals surface area contributed by atoms with Crippen LogP contribution in [0.2, 0.25) is 10.0 Å². The third kappa shape index (κ3) is 7.34. The summed E-state index contributed by atoms with van der Waals surface area (Å²) >= 11 is 12.7. The van der Waals surface area contributed by atoms with E-state index in [1.165, 1.54) is 12.4 Å². The number of carbonyl (C=O) groups is 1. The average Bonchev–Trinajstić information content (AvgIpc) is 2.89. The van der Waals surface area contributed by atoms with Crippen molar-refractivity contribution in [3.63, 3.8) is 0 Å².